The third-order valence-corrected chi connectivity index (χ3v) is 3.55. The van der Waals surface area contributed by atoms with Crippen LogP contribution in [0.4, 0.5) is 10.1 Å². The normalized spacial score (nSPS) is 11.2. The molecule has 0 saturated heterocycles. The molecule has 0 aromatic heterocycles. The summed E-state index contributed by atoms with van der Waals surface area (Å²) in [6, 6.07) is 12.3. The summed E-state index contributed by atoms with van der Waals surface area (Å²) in [5.41, 5.74) is 1.23. The highest BCUT2D eigenvalue weighted by atomic mass is 32.2. The second-order valence-electron chi connectivity index (χ2n) is 4.58. The van der Waals surface area contributed by atoms with Gasteiger partial charge in [-0.25, -0.2) is 14.2 Å². The van der Waals surface area contributed by atoms with E-state index in [2.05, 4.69) is 14.9 Å². The van der Waals surface area contributed by atoms with Crippen LogP contribution >= 0.6 is 11.9 Å². The van der Waals surface area contributed by atoms with Gasteiger partial charge in [0.05, 0.1) is 11.2 Å². The van der Waals surface area contributed by atoms with Gasteiger partial charge in [-0.05, 0) is 24.3 Å². The first kappa shape index (κ1) is 15.1. The molecule has 0 saturated carbocycles. The quantitative estimate of drug-likeness (QED) is 0.262. The van der Waals surface area contributed by atoms with E-state index >= 15 is 0 Å². The van der Waals surface area contributed by atoms with E-state index in [1.54, 1.807) is 24.3 Å². The van der Waals surface area contributed by atoms with Gasteiger partial charge in [0.2, 0.25) is 10.9 Å². The van der Waals surface area contributed by atoms with Crippen LogP contribution in [0.5, 0.6) is 0 Å². The molecule has 0 amide bonds. The second kappa shape index (κ2) is 6.53. The number of aliphatic imine (C=N–C) groups is 1. The summed E-state index contributed by atoms with van der Waals surface area (Å²) < 4.78 is 12.7. The lowest BCUT2D eigenvalue weighted by molar-refractivity contribution is 0.628. The highest BCUT2D eigenvalue weighted by molar-refractivity contribution is 8.10. The van der Waals surface area contributed by atoms with Gasteiger partial charge in [-0.15, -0.1) is 0 Å². The molecule has 0 atom stereocenters. The minimum atomic E-state index is -0.394. The molecular weight excluding hydrogens is 317 g/mol. The summed E-state index contributed by atoms with van der Waals surface area (Å²) in [7, 11) is 0. The van der Waals surface area contributed by atoms with Crippen molar-refractivity contribution in [3.8, 4) is 0 Å². The SMILES string of the molecule is O=c1c(=NNSC=Nc2ccc(F)cc2)c(=O)c2ccccc12. The van der Waals surface area contributed by atoms with E-state index in [0.717, 1.165) is 11.9 Å². The average molecular weight is 327 g/mol. The van der Waals surface area contributed by atoms with Gasteiger partial charge in [-0.3, -0.25) is 9.59 Å². The van der Waals surface area contributed by atoms with Gasteiger partial charge in [-0.1, -0.05) is 24.3 Å². The fraction of sp³-hybridized carbons (Fsp3) is 0. The standard InChI is InChI=1S/C16H10FN3O2S/c17-10-5-7-11(8-6-10)18-9-23-20-19-14-15(21)12-3-1-2-4-13(12)16(14)22/h1-9,20H. The van der Waals surface area contributed by atoms with Crippen molar-refractivity contribution >= 4 is 34.0 Å². The minimum Gasteiger partial charge on any atom is -0.287 e. The van der Waals surface area contributed by atoms with Crippen LogP contribution in [0, 0.1) is 5.82 Å². The molecule has 114 valence electrons. The Morgan fingerprint density at radius 2 is 1.57 bits per heavy atom. The van der Waals surface area contributed by atoms with Gasteiger partial charge >= 0.3 is 0 Å². The van der Waals surface area contributed by atoms with Gasteiger partial charge in [0.1, 0.15) is 5.82 Å². The van der Waals surface area contributed by atoms with Crippen molar-refractivity contribution in [1.82, 2.24) is 4.83 Å². The monoisotopic (exact) mass is 327 g/mol. The molecule has 0 aliphatic heterocycles. The lowest BCUT2D eigenvalue weighted by Crippen LogP contribution is -2.33. The maximum Gasteiger partial charge on any atom is 0.217 e. The van der Waals surface area contributed by atoms with Gasteiger partial charge in [0.25, 0.3) is 0 Å². The summed E-state index contributed by atoms with van der Waals surface area (Å²) in [4.78, 5) is 30.7. The molecule has 0 spiro atoms. The van der Waals surface area contributed by atoms with Crippen molar-refractivity contribution in [3.63, 3.8) is 0 Å². The molecule has 23 heavy (non-hydrogen) atoms. The van der Waals surface area contributed by atoms with Crippen molar-refractivity contribution in [2.45, 2.75) is 0 Å². The van der Waals surface area contributed by atoms with E-state index < -0.39 is 10.9 Å². The molecule has 0 aliphatic rings. The summed E-state index contributed by atoms with van der Waals surface area (Å²) in [6.07, 6.45) is 0. The zero-order chi connectivity index (χ0) is 16.2. The molecule has 1 N–H and O–H groups in total. The summed E-state index contributed by atoms with van der Waals surface area (Å²) in [5, 5.41) is 4.41. The van der Waals surface area contributed by atoms with Crippen molar-refractivity contribution < 1.29 is 4.39 Å². The fourth-order valence-corrected chi connectivity index (χ4v) is 2.41. The Morgan fingerprint density at radius 3 is 2.17 bits per heavy atom. The Hall–Kier alpha value is -2.80. The third-order valence-electron chi connectivity index (χ3n) is 3.14. The molecule has 0 heterocycles. The van der Waals surface area contributed by atoms with E-state index in [9.17, 15) is 14.0 Å². The Balaban J connectivity index is 1.75. The summed E-state index contributed by atoms with van der Waals surface area (Å²) in [6.45, 7) is 0. The minimum absolute atomic E-state index is 0.145. The Morgan fingerprint density at radius 1 is 0.957 bits per heavy atom. The van der Waals surface area contributed by atoms with Gasteiger partial charge in [-0.2, -0.15) is 5.10 Å². The van der Waals surface area contributed by atoms with Crippen LogP contribution in [0.15, 0.2) is 68.2 Å². The molecule has 0 bridgehead atoms. The van der Waals surface area contributed by atoms with Crippen molar-refractivity contribution in [1.29, 1.82) is 0 Å². The fourth-order valence-electron chi connectivity index (χ4n) is 2.05. The highest BCUT2D eigenvalue weighted by Gasteiger charge is 2.09. The predicted octanol–water partition coefficient (Wildman–Crippen LogP) is 1.99. The first-order chi connectivity index (χ1) is 11.2. The van der Waals surface area contributed by atoms with Crippen LogP contribution in [0.2, 0.25) is 0 Å². The van der Waals surface area contributed by atoms with Gasteiger partial charge in [0, 0.05) is 22.7 Å². The Bertz CT molecular complexity index is 972. The lowest BCUT2D eigenvalue weighted by atomic mass is 10.2. The molecule has 7 heteroatoms. The first-order valence-electron chi connectivity index (χ1n) is 6.61. The molecule has 0 radical (unpaired) electrons. The molecular formula is C16H10FN3O2S. The van der Waals surface area contributed by atoms with Gasteiger partial charge in [0.15, 0.2) is 5.36 Å². The lowest BCUT2D eigenvalue weighted by Gasteiger charge is -1.93. The Labute approximate surface area is 134 Å². The maximum absolute atomic E-state index is 12.7. The van der Waals surface area contributed by atoms with E-state index in [1.807, 2.05) is 0 Å². The third kappa shape index (κ3) is 3.19. The number of hydrogen-bond donors (Lipinski definition) is 1. The van der Waals surface area contributed by atoms with Gasteiger partial charge < -0.3 is 0 Å². The van der Waals surface area contributed by atoms with E-state index in [4.69, 9.17) is 0 Å². The smallest absolute Gasteiger partial charge is 0.217 e. The van der Waals surface area contributed by atoms with E-state index in [0.29, 0.717) is 16.5 Å². The largest absolute Gasteiger partial charge is 0.287 e. The van der Waals surface area contributed by atoms with Crippen LogP contribution in [0.3, 0.4) is 0 Å². The second-order valence-corrected chi connectivity index (χ2v) is 5.21. The number of hydrogen-bond acceptors (Lipinski definition) is 6. The summed E-state index contributed by atoms with van der Waals surface area (Å²) in [5.74, 6) is -0.334. The number of rotatable bonds is 4. The topological polar surface area (TPSA) is 70.9 Å². The van der Waals surface area contributed by atoms with Crippen LogP contribution < -0.4 is 21.0 Å². The van der Waals surface area contributed by atoms with E-state index in [-0.39, 0.29) is 11.2 Å². The van der Waals surface area contributed by atoms with E-state index in [1.165, 1.54) is 29.8 Å². The number of benzene rings is 2. The van der Waals surface area contributed by atoms with Crippen LogP contribution in [-0.2, 0) is 0 Å². The molecule has 3 rings (SSSR count). The van der Waals surface area contributed by atoms with Crippen molar-refractivity contribution in [2.24, 2.45) is 10.1 Å². The number of nitrogens with zero attached hydrogens (tertiary/aromatic N) is 2. The Kier molecular flexibility index (Phi) is 4.29. The number of fused-ring (bicyclic) bond motifs is 1. The van der Waals surface area contributed by atoms with Crippen LogP contribution in [0.25, 0.3) is 10.8 Å². The first-order valence-corrected chi connectivity index (χ1v) is 7.49. The maximum atomic E-state index is 12.7. The molecule has 0 unspecified atom stereocenters. The van der Waals surface area contributed by atoms with Crippen molar-refractivity contribution in [3.05, 3.63) is 80.2 Å². The molecule has 0 fully saturated rings. The zero-order valence-corrected chi connectivity index (χ0v) is 12.5. The van der Waals surface area contributed by atoms with Crippen LogP contribution in [-0.4, -0.2) is 5.55 Å². The summed E-state index contributed by atoms with van der Waals surface area (Å²) >= 11 is 0.995. The highest BCUT2D eigenvalue weighted by Crippen LogP contribution is 2.12. The molecule has 0 aliphatic carbocycles. The average Bonchev–Trinajstić information content (AvgIpc) is 2.81. The zero-order valence-electron chi connectivity index (χ0n) is 11.7. The molecule has 3 aromatic rings. The molecule has 5 nitrogen and oxygen atoms in total. The van der Waals surface area contributed by atoms with Crippen LogP contribution in [0.1, 0.15) is 0 Å². The van der Waals surface area contributed by atoms with Crippen molar-refractivity contribution in [2.75, 3.05) is 0 Å². The number of halogens is 1. The predicted molar refractivity (Wildman–Crippen MR) is 89.7 cm³/mol. The number of nitrogens with one attached hydrogen (secondary N) is 1. The molecule has 3 aromatic carbocycles.